The van der Waals surface area contributed by atoms with Gasteiger partial charge in [0.15, 0.2) is 0 Å². The van der Waals surface area contributed by atoms with E-state index in [1.54, 1.807) is 49.4 Å². The average Bonchev–Trinajstić information content (AvgIpc) is 2.61. The molecule has 1 N–H and O–H groups in total. The molecule has 1 unspecified atom stereocenters. The van der Waals surface area contributed by atoms with Crippen LogP contribution in [-0.2, 0) is 14.8 Å². The summed E-state index contributed by atoms with van der Waals surface area (Å²) in [5.41, 5.74) is 1.74. The van der Waals surface area contributed by atoms with Gasteiger partial charge in [0.1, 0.15) is 11.8 Å². The van der Waals surface area contributed by atoms with E-state index in [0.717, 1.165) is 16.1 Å². The van der Waals surface area contributed by atoms with Crippen molar-refractivity contribution < 1.29 is 17.9 Å². The normalized spacial score (nSPS) is 12.3. The van der Waals surface area contributed by atoms with Crippen LogP contribution < -0.4 is 14.4 Å². The van der Waals surface area contributed by atoms with Gasteiger partial charge in [-0.25, -0.2) is 8.42 Å². The number of methoxy groups -OCH3 is 1. The van der Waals surface area contributed by atoms with Gasteiger partial charge >= 0.3 is 0 Å². The first kappa shape index (κ1) is 21.1. The molecule has 1 atom stereocenters. The first-order valence-electron chi connectivity index (χ1n) is 8.37. The Labute approximate surface area is 165 Å². The van der Waals surface area contributed by atoms with Gasteiger partial charge in [0.25, 0.3) is 0 Å². The van der Waals surface area contributed by atoms with Crippen molar-refractivity contribution in [2.45, 2.75) is 26.3 Å². The van der Waals surface area contributed by atoms with Crippen molar-refractivity contribution in [2.24, 2.45) is 0 Å². The van der Waals surface area contributed by atoms with E-state index in [-0.39, 0.29) is 6.42 Å². The van der Waals surface area contributed by atoms with Gasteiger partial charge in [0.05, 0.1) is 19.1 Å². The Hall–Kier alpha value is -2.25. The Morgan fingerprint density at radius 1 is 1.26 bits per heavy atom. The van der Waals surface area contributed by atoms with Gasteiger partial charge in [-0.1, -0.05) is 30.7 Å². The fraction of sp³-hybridized carbons (Fsp3) is 0.316. The van der Waals surface area contributed by atoms with E-state index in [0.29, 0.717) is 22.1 Å². The minimum Gasteiger partial charge on any atom is -0.497 e. The van der Waals surface area contributed by atoms with Crippen LogP contribution in [0.15, 0.2) is 42.5 Å². The van der Waals surface area contributed by atoms with Gasteiger partial charge in [0.2, 0.25) is 15.9 Å². The highest BCUT2D eigenvalue weighted by molar-refractivity contribution is 7.92. The van der Waals surface area contributed by atoms with E-state index >= 15 is 0 Å². The van der Waals surface area contributed by atoms with Crippen LogP contribution in [0.3, 0.4) is 0 Å². The molecule has 0 heterocycles. The minimum absolute atomic E-state index is 0.287. The van der Waals surface area contributed by atoms with Gasteiger partial charge in [-0.3, -0.25) is 9.10 Å². The quantitative estimate of drug-likeness (QED) is 0.752. The molecule has 1 amide bonds. The third-order valence-corrected chi connectivity index (χ3v) is 5.51. The predicted molar refractivity (Wildman–Crippen MR) is 109 cm³/mol. The van der Waals surface area contributed by atoms with Crippen molar-refractivity contribution in [3.63, 3.8) is 0 Å². The van der Waals surface area contributed by atoms with Crippen molar-refractivity contribution in [2.75, 3.05) is 23.0 Å². The van der Waals surface area contributed by atoms with E-state index in [4.69, 9.17) is 16.3 Å². The molecule has 0 saturated carbocycles. The number of rotatable bonds is 7. The summed E-state index contributed by atoms with van der Waals surface area (Å²) < 4.78 is 31.3. The number of aryl methyl sites for hydroxylation is 1. The fourth-order valence-corrected chi connectivity index (χ4v) is 4.13. The lowest BCUT2D eigenvalue weighted by Gasteiger charge is -2.30. The monoisotopic (exact) mass is 410 g/mol. The van der Waals surface area contributed by atoms with Crippen LogP contribution in [0.5, 0.6) is 5.75 Å². The van der Waals surface area contributed by atoms with Crippen LogP contribution in [0, 0.1) is 6.92 Å². The second-order valence-corrected chi connectivity index (χ2v) is 8.43. The topological polar surface area (TPSA) is 75.7 Å². The zero-order valence-corrected chi connectivity index (χ0v) is 17.3. The fourth-order valence-electron chi connectivity index (χ4n) is 2.75. The van der Waals surface area contributed by atoms with Gasteiger partial charge in [-0.05, 0) is 43.2 Å². The number of anilines is 2. The predicted octanol–water partition coefficient (Wildman–Crippen LogP) is 3.84. The largest absolute Gasteiger partial charge is 0.497 e. The number of nitrogens with one attached hydrogen (secondary N) is 1. The van der Waals surface area contributed by atoms with E-state index in [1.165, 1.54) is 7.11 Å². The lowest BCUT2D eigenvalue weighted by molar-refractivity contribution is -0.117. The van der Waals surface area contributed by atoms with E-state index < -0.39 is 22.0 Å². The molecule has 27 heavy (non-hydrogen) atoms. The van der Waals surface area contributed by atoms with Crippen molar-refractivity contribution >= 4 is 38.9 Å². The number of hydrogen-bond donors (Lipinski definition) is 1. The van der Waals surface area contributed by atoms with Crippen LogP contribution in [0.2, 0.25) is 5.02 Å². The average molecular weight is 411 g/mol. The van der Waals surface area contributed by atoms with Crippen molar-refractivity contribution in [3.8, 4) is 5.75 Å². The lowest BCUT2D eigenvalue weighted by atomic mass is 10.1. The van der Waals surface area contributed by atoms with Crippen molar-refractivity contribution in [3.05, 3.63) is 53.1 Å². The van der Waals surface area contributed by atoms with Gasteiger partial charge in [-0.2, -0.15) is 0 Å². The van der Waals surface area contributed by atoms with Gasteiger partial charge < -0.3 is 10.1 Å². The molecule has 0 aliphatic rings. The number of carbonyl (C=O) groups excluding carboxylic acids is 1. The molecular weight excluding hydrogens is 388 g/mol. The molecular formula is C19H23ClN2O4S. The number of sulfonamides is 1. The SMILES string of the molecule is CCC(C(=O)Nc1cc(Cl)ccc1C)N(c1cccc(OC)c1)S(C)(=O)=O. The summed E-state index contributed by atoms with van der Waals surface area (Å²) in [6, 6.07) is 10.8. The zero-order chi connectivity index (χ0) is 20.2. The van der Waals surface area contributed by atoms with E-state index in [1.807, 2.05) is 6.92 Å². The number of amides is 1. The maximum atomic E-state index is 12.9. The van der Waals surface area contributed by atoms with Gasteiger partial charge in [0, 0.05) is 16.8 Å². The summed E-state index contributed by atoms with van der Waals surface area (Å²) in [6.07, 6.45) is 1.36. The molecule has 0 saturated heterocycles. The molecule has 0 radical (unpaired) electrons. The maximum Gasteiger partial charge on any atom is 0.248 e. The molecule has 8 heteroatoms. The highest BCUT2D eigenvalue weighted by atomic mass is 35.5. The summed E-state index contributed by atoms with van der Waals surface area (Å²) in [4.78, 5) is 12.9. The third-order valence-electron chi connectivity index (χ3n) is 4.10. The Kier molecular flexibility index (Phi) is 6.73. The molecule has 0 fully saturated rings. The summed E-state index contributed by atoms with van der Waals surface area (Å²) in [5, 5.41) is 3.28. The Morgan fingerprint density at radius 2 is 1.96 bits per heavy atom. The number of nitrogens with zero attached hydrogens (tertiary/aromatic N) is 1. The van der Waals surface area contributed by atoms with Crippen LogP contribution in [-0.4, -0.2) is 33.7 Å². The number of hydrogen-bond acceptors (Lipinski definition) is 4. The molecule has 2 aromatic carbocycles. The summed E-state index contributed by atoms with van der Waals surface area (Å²) >= 11 is 6.01. The number of halogens is 1. The van der Waals surface area contributed by atoms with Crippen molar-refractivity contribution in [1.82, 2.24) is 0 Å². The number of ether oxygens (including phenoxy) is 1. The maximum absolute atomic E-state index is 12.9. The Balaban J connectivity index is 2.42. The molecule has 6 nitrogen and oxygen atoms in total. The van der Waals surface area contributed by atoms with E-state index in [9.17, 15) is 13.2 Å². The molecule has 0 aliphatic carbocycles. The van der Waals surface area contributed by atoms with Crippen LogP contribution in [0.25, 0.3) is 0 Å². The first-order chi connectivity index (χ1) is 12.7. The first-order valence-corrected chi connectivity index (χ1v) is 10.6. The Bertz CT molecular complexity index is 931. The molecule has 0 bridgehead atoms. The standard InChI is InChI=1S/C19H23ClN2O4S/c1-5-18(19(23)21-17-11-14(20)10-9-13(17)2)22(27(4,24)25)15-7-6-8-16(12-15)26-3/h6-12,18H,5H2,1-4H3,(H,21,23). The second-order valence-electron chi connectivity index (χ2n) is 6.13. The smallest absolute Gasteiger partial charge is 0.248 e. The van der Waals surface area contributed by atoms with Crippen LogP contribution >= 0.6 is 11.6 Å². The second kappa shape index (κ2) is 8.63. The molecule has 0 aliphatic heterocycles. The van der Waals surface area contributed by atoms with Crippen LogP contribution in [0.4, 0.5) is 11.4 Å². The van der Waals surface area contributed by atoms with Crippen LogP contribution in [0.1, 0.15) is 18.9 Å². The van der Waals surface area contributed by atoms with Crippen molar-refractivity contribution in [1.29, 1.82) is 0 Å². The highest BCUT2D eigenvalue weighted by Gasteiger charge is 2.32. The van der Waals surface area contributed by atoms with Gasteiger partial charge in [-0.15, -0.1) is 0 Å². The molecule has 2 rings (SSSR count). The lowest BCUT2D eigenvalue weighted by Crippen LogP contribution is -2.47. The third kappa shape index (κ3) is 5.14. The Morgan fingerprint density at radius 3 is 2.56 bits per heavy atom. The highest BCUT2D eigenvalue weighted by Crippen LogP contribution is 2.27. The molecule has 0 aromatic heterocycles. The minimum atomic E-state index is -3.72. The number of carbonyl (C=O) groups is 1. The molecule has 146 valence electrons. The summed E-state index contributed by atoms with van der Waals surface area (Å²) in [5.74, 6) is 0.0678. The zero-order valence-electron chi connectivity index (χ0n) is 15.7. The van der Waals surface area contributed by atoms with E-state index in [2.05, 4.69) is 5.32 Å². The molecule has 2 aromatic rings. The summed E-state index contributed by atoms with van der Waals surface area (Å²) in [6.45, 7) is 3.59. The number of benzene rings is 2. The molecule has 0 spiro atoms. The summed E-state index contributed by atoms with van der Waals surface area (Å²) in [7, 11) is -2.22.